The van der Waals surface area contributed by atoms with E-state index in [4.69, 9.17) is 4.74 Å². The summed E-state index contributed by atoms with van der Waals surface area (Å²) >= 11 is 0. The molecule has 31 heavy (non-hydrogen) atoms. The highest BCUT2D eigenvalue weighted by Crippen LogP contribution is 2.56. The summed E-state index contributed by atoms with van der Waals surface area (Å²) in [5.74, 6) is 0.982. The lowest BCUT2D eigenvalue weighted by atomic mass is 10.1. The minimum absolute atomic E-state index is 0.204. The molecule has 2 heterocycles. The summed E-state index contributed by atoms with van der Waals surface area (Å²) in [7, 11) is -2.97. The van der Waals surface area contributed by atoms with Gasteiger partial charge in [0.25, 0.3) is 0 Å². The van der Waals surface area contributed by atoms with Crippen LogP contribution < -0.4 is 5.32 Å². The van der Waals surface area contributed by atoms with E-state index >= 15 is 0 Å². The number of fused-ring (bicyclic) bond motifs is 1. The summed E-state index contributed by atoms with van der Waals surface area (Å²) < 4.78 is 26.4. The molecule has 0 radical (unpaired) electrons. The Morgan fingerprint density at radius 2 is 1.84 bits per heavy atom. The fourth-order valence-electron chi connectivity index (χ4n) is 3.58. The number of aromatic nitrogens is 2. The molecule has 1 aliphatic rings. The van der Waals surface area contributed by atoms with Crippen LogP contribution in [0.3, 0.4) is 0 Å². The second-order valence-corrected chi connectivity index (χ2v) is 9.47. The monoisotopic (exact) mass is 439 g/mol. The third kappa shape index (κ3) is 4.87. The zero-order valence-corrected chi connectivity index (χ0v) is 18.1. The van der Waals surface area contributed by atoms with E-state index < -0.39 is 10.6 Å². The van der Waals surface area contributed by atoms with Crippen LogP contribution in [0.2, 0.25) is 0 Å². The molecule has 0 fully saturated rings. The number of anilines is 2. The molecule has 3 N–H and O–H groups in total. The smallest absolute Gasteiger partial charge is 0.310 e. The quantitative estimate of drug-likeness (QED) is 0.462. The summed E-state index contributed by atoms with van der Waals surface area (Å²) in [4.78, 5) is 21.4. The van der Waals surface area contributed by atoms with Crippen molar-refractivity contribution in [2.75, 3.05) is 17.7 Å². The number of esters is 1. The predicted molar refractivity (Wildman–Crippen MR) is 122 cm³/mol. The van der Waals surface area contributed by atoms with Gasteiger partial charge < -0.3 is 10.1 Å². The fraction of sp³-hybridized carbons (Fsp3) is 0.261. The molecule has 0 aliphatic carbocycles. The topological polar surface area (TPSA) is 105 Å². The van der Waals surface area contributed by atoms with Gasteiger partial charge in [0.05, 0.1) is 18.7 Å². The number of nitrogens with one attached hydrogen (secondary N) is 1. The first-order valence-corrected chi connectivity index (χ1v) is 11.9. The van der Waals surface area contributed by atoms with Gasteiger partial charge in [0.15, 0.2) is 11.6 Å². The molecule has 0 atom stereocenters. The van der Waals surface area contributed by atoms with Gasteiger partial charge in [0.1, 0.15) is 4.90 Å². The molecule has 0 unspecified atom stereocenters. The molecule has 0 spiro atoms. The molecule has 7 nitrogen and oxygen atoms in total. The van der Waals surface area contributed by atoms with Crippen molar-refractivity contribution in [2.24, 2.45) is 0 Å². The summed E-state index contributed by atoms with van der Waals surface area (Å²) in [5, 5.41) is 3.24. The van der Waals surface area contributed by atoms with Crippen molar-refractivity contribution in [1.82, 2.24) is 9.97 Å². The Morgan fingerprint density at radius 1 is 1.10 bits per heavy atom. The van der Waals surface area contributed by atoms with Crippen LogP contribution in [0.4, 0.5) is 11.5 Å². The molecular formula is C23H25N3O4S. The maximum atomic E-state index is 11.7. The second kappa shape index (κ2) is 9.05. The third-order valence-corrected chi connectivity index (χ3v) is 6.95. The van der Waals surface area contributed by atoms with E-state index in [9.17, 15) is 13.9 Å². The normalized spacial score (nSPS) is 15.6. The number of carbonyl (C=O) groups excluding carboxylic acids is 1. The lowest BCUT2D eigenvalue weighted by Crippen LogP contribution is -2.18. The average Bonchev–Trinajstić information content (AvgIpc) is 2.75. The van der Waals surface area contributed by atoms with Crippen LogP contribution in [0.1, 0.15) is 24.6 Å². The minimum atomic E-state index is -2.97. The van der Waals surface area contributed by atoms with Crippen molar-refractivity contribution in [3.8, 4) is 11.4 Å². The number of aryl methyl sites for hydroxylation is 1. The molecule has 3 aromatic rings. The van der Waals surface area contributed by atoms with Gasteiger partial charge >= 0.3 is 5.97 Å². The van der Waals surface area contributed by atoms with Crippen LogP contribution in [0.15, 0.2) is 59.5 Å². The van der Waals surface area contributed by atoms with Crippen LogP contribution in [-0.4, -0.2) is 37.4 Å². The molecular weight excluding hydrogens is 414 g/mol. The first-order chi connectivity index (χ1) is 15.0. The van der Waals surface area contributed by atoms with Crippen LogP contribution in [0.25, 0.3) is 11.4 Å². The Morgan fingerprint density at radius 3 is 2.55 bits per heavy atom. The number of carbonyl (C=O) groups is 1. The van der Waals surface area contributed by atoms with E-state index in [0.717, 1.165) is 16.8 Å². The first-order valence-electron chi connectivity index (χ1n) is 10.2. The van der Waals surface area contributed by atoms with Gasteiger partial charge in [-0.3, -0.25) is 13.9 Å². The average molecular weight is 440 g/mol. The highest BCUT2D eigenvalue weighted by Gasteiger charge is 2.30. The van der Waals surface area contributed by atoms with E-state index in [1.54, 1.807) is 6.92 Å². The lowest BCUT2D eigenvalue weighted by Gasteiger charge is -2.38. The number of nitrogens with zero attached hydrogens (tertiary/aromatic N) is 2. The van der Waals surface area contributed by atoms with Gasteiger partial charge in [-0.2, -0.15) is 10.6 Å². The van der Waals surface area contributed by atoms with Gasteiger partial charge in [-0.05, 0) is 37.5 Å². The number of hydrogen-bond donors (Lipinski definition) is 3. The second-order valence-electron chi connectivity index (χ2n) is 7.32. The SMILES string of the molecule is CCOC(=O)Cc1ccc(Nc2nc(-c3ccccc3)nc3c2S(O)(O)CCC3)cc1. The van der Waals surface area contributed by atoms with Crippen molar-refractivity contribution in [3.63, 3.8) is 0 Å². The summed E-state index contributed by atoms with van der Waals surface area (Å²) in [5.41, 5.74) is 3.10. The number of benzene rings is 2. The Kier molecular flexibility index (Phi) is 6.22. The first kappa shape index (κ1) is 21.3. The Balaban J connectivity index is 1.67. The molecule has 1 aromatic heterocycles. The molecule has 0 bridgehead atoms. The highest BCUT2D eigenvalue weighted by molar-refractivity contribution is 8.24. The van der Waals surface area contributed by atoms with E-state index in [1.807, 2.05) is 54.6 Å². The van der Waals surface area contributed by atoms with Gasteiger partial charge in [0.2, 0.25) is 0 Å². The summed E-state index contributed by atoms with van der Waals surface area (Å²) in [6.45, 7) is 2.13. The molecule has 4 rings (SSSR count). The van der Waals surface area contributed by atoms with E-state index in [0.29, 0.717) is 47.4 Å². The standard InChI is InChI=1S/C23H25N3O4S/c1-2-30-20(27)15-16-10-12-18(13-11-16)24-23-21-19(9-6-14-31(21,28)29)25-22(26-23)17-7-4-3-5-8-17/h3-5,7-8,10-13,28-29H,2,6,9,14-15H2,1H3,(H,24,25,26). The van der Waals surface area contributed by atoms with Crippen LogP contribution in [0, 0.1) is 0 Å². The van der Waals surface area contributed by atoms with E-state index in [2.05, 4.69) is 15.3 Å². The molecule has 8 heteroatoms. The largest absolute Gasteiger partial charge is 0.466 e. The zero-order valence-electron chi connectivity index (χ0n) is 17.2. The van der Waals surface area contributed by atoms with E-state index in [1.165, 1.54) is 0 Å². The van der Waals surface area contributed by atoms with Crippen molar-refractivity contribution in [2.45, 2.75) is 31.1 Å². The van der Waals surface area contributed by atoms with Crippen LogP contribution in [-0.2, 0) is 22.4 Å². The van der Waals surface area contributed by atoms with Gasteiger partial charge in [-0.15, -0.1) is 0 Å². The van der Waals surface area contributed by atoms with Crippen LogP contribution >= 0.6 is 10.6 Å². The lowest BCUT2D eigenvalue weighted by molar-refractivity contribution is -0.142. The Labute approximate surface area is 182 Å². The third-order valence-electron chi connectivity index (χ3n) is 5.01. The summed E-state index contributed by atoms with van der Waals surface area (Å²) in [6.07, 6.45) is 1.54. The van der Waals surface area contributed by atoms with Crippen molar-refractivity contribution in [1.29, 1.82) is 0 Å². The molecule has 0 amide bonds. The number of ether oxygens (including phenoxy) is 1. The fourth-order valence-corrected chi connectivity index (χ4v) is 5.26. The van der Waals surface area contributed by atoms with Gasteiger partial charge in [-0.1, -0.05) is 42.5 Å². The minimum Gasteiger partial charge on any atom is -0.466 e. The zero-order chi connectivity index (χ0) is 21.8. The van der Waals surface area contributed by atoms with Crippen LogP contribution in [0.5, 0.6) is 0 Å². The maximum absolute atomic E-state index is 11.7. The molecule has 2 aromatic carbocycles. The highest BCUT2D eigenvalue weighted by atomic mass is 32.3. The van der Waals surface area contributed by atoms with Gasteiger partial charge in [0, 0.05) is 17.0 Å². The Hall–Kier alpha value is -2.94. The van der Waals surface area contributed by atoms with Gasteiger partial charge in [-0.25, -0.2) is 9.97 Å². The van der Waals surface area contributed by atoms with E-state index in [-0.39, 0.29) is 12.4 Å². The number of rotatable bonds is 6. The molecule has 162 valence electrons. The summed E-state index contributed by atoms with van der Waals surface area (Å²) in [6, 6.07) is 17.0. The maximum Gasteiger partial charge on any atom is 0.310 e. The van der Waals surface area contributed by atoms with Crippen molar-refractivity contribution in [3.05, 3.63) is 65.9 Å². The molecule has 0 saturated carbocycles. The number of hydrogen-bond acceptors (Lipinski definition) is 7. The van der Waals surface area contributed by atoms with Crippen molar-refractivity contribution < 1.29 is 18.6 Å². The van der Waals surface area contributed by atoms with Crippen molar-refractivity contribution >= 4 is 28.1 Å². The predicted octanol–water partition coefficient (Wildman–Crippen LogP) is 5.05. The Bertz CT molecular complexity index is 1070. The molecule has 1 aliphatic heterocycles. The molecule has 0 saturated heterocycles.